The van der Waals surface area contributed by atoms with E-state index in [-0.39, 0.29) is 0 Å². The van der Waals surface area contributed by atoms with Gasteiger partial charge in [-0.05, 0) is 23.3 Å². The molecule has 2 N–H and O–H groups in total. The number of aliphatic hydroxyl groups is 1. The molecular weight excluding hydrogens is 248 g/mol. The normalized spacial score (nSPS) is 12.4. The molecule has 3 aromatic rings. The number of hydrogen-bond acceptors (Lipinski definition) is 3. The summed E-state index contributed by atoms with van der Waals surface area (Å²) in [6, 6.07) is 19.6. The maximum atomic E-state index is 10.1. The molecule has 0 bridgehead atoms. The van der Waals surface area contributed by atoms with Gasteiger partial charge in [0.15, 0.2) is 0 Å². The molecule has 1 aromatic heterocycles. The Labute approximate surface area is 117 Å². The number of aliphatic hydroxyl groups excluding tert-OH is 1. The number of pyridine rings is 1. The molecule has 0 saturated carbocycles. The molecule has 0 aliphatic rings. The van der Waals surface area contributed by atoms with Gasteiger partial charge >= 0.3 is 0 Å². The first-order valence-electron chi connectivity index (χ1n) is 6.63. The van der Waals surface area contributed by atoms with Crippen LogP contribution >= 0.6 is 0 Å². The van der Waals surface area contributed by atoms with E-state index in [2.05, 4.69) is 10.3 Å². The summed E-state index contributed by atoms with van der Waals surface area (Å²) in [6.45, 7) is 0.596. The number of para-hydroxylation sites is 1. The van der Waals surface area contributed by atoms with Crippen LogP contribution in [0.4, 0.5) is 0 Å². The summed E-state index contributed by atoms with van der Waals surface area (Å²) in [6.07, 6.45) is 1.14. The van der Waals surface area contributed by atoms with Crippen molar-refractivity contribution in [2.24, 2.45) is 0 Å². The zero-order valence-corrected chi connectivity index (χ0v) is 11.0. The van der Waals surface area contributed by atoms with Crippen molar-refractivity contribution in [1.29, 1.82) is 0 Å². The van der Waals surface area contributed by atoms with Gasteiger partial charge in [-0.1, -0.05) is 48.5 Å². The lowest BCUT2D eigenvalue weighted by Gasteiger charge is -2.14. The minimum Gasteiger partial charge on any atom is -0.374 e. The molecular formula is C17H16N2O. The smallest absolute Gasteiger partial charge is 0.131 e. The van der Waals surface area contributed by atoms with Crippen LogP contribution in [0.1, 0.15) is 17.4 Å². The van der Waals surface area contributed by atoms with E-state index in [4.69, 9.17) is 0 Å². The fourth-order valence-electron chi connectivity index (χ4n) is 2.27. The van der Waals surface area contributed by atoms with Gasteiger partial charge < -0.3 is 5.11 Å². The van der Waals surface area contributed by atoms with E-state index in [9.17, 15) is 5.11 Å². The third-order valence-electron chi connectivity index (χ3n) is 3.34. The Morgan fingerprint density at radius 1 is 0.950 bits per heavy atom. The Morgan fingerprint density at radius 3 is 2.55 bits per heavy atom. The first kappa shape index (κ1) is 12.8. The van der Waals surface area contributed by atoms with Crippen LogP contribution in [0.3, 0.4) is 0 Å². The summed E-state index contributed by atoms with van der Waals surface area (Å²) >= 11 is 0. The highest BCUT2D eigenvalue weighted by Gasteiger charge is 2.07. The molecule has 0 aliphatic heterocycles. The zero-order valence-electron chi connectivity index (χ0n) is 11.0. The van der Waals surface area contributed by atoms with Crippen molar-refractivity contribution in [2.75, 3.05) is 0 Å². The third-order valence-corrected chi connectivity index (χ3v) is 3.34. The van der Waals surface area contributed by atoms with Gasteiger partial charge in [0.1, 0.15) is 6.23 Å². The van der Waals surface area contributed by atoms with Gasteiger partial charge in [0.05, 0.1) is 5.52 Å². The number of aromatic nitrogens is 1. The predicted molar refractivity (Wildman–Crippen MR) is 80.0 cm³/mol. The average Bonchev–Trinajstić information content (AvgIpc) is 2.53. The van der Waals surface area contributed by atoms with Crippen molar-refractivity contribution >= 4 is 10.9 Å². The molecule has 0 aliphatic carbocycles. The summed E-state index contributed by atoms with van der Waals surface area (Å²) in [5, 5.41) is 14.4. The van der Waals surface area contributed by atoms with Gasteiger partial charge in [-0.15, -0.1) is 0 Å². The standard InChI is InChI=1S/C17H16N2O/c20-17(13-6-2-1-3-7-13)19-12-14-10-11-18-16-9-5-4-8-15(14)16/h1-11,17,19-20H,12H2. The molecule has 100 valence electrons. The Kier molecular flexibility index (Phi) is 3.72. The molecule has 0 radical (unpaired) electrons. The molecule has 1 heterocycles. The first-order valence-corrected chi connectivity index (χ1v) is 6.63. The lowest BCUT2D eigenvalue weighted by atomic mass is 10.1. The number of hydrogen-bond donors (Lipinski definition) is 2. The summed E-state index contributed by atoms with van der Waals surface area (Å²) < 4.78 is 0. The second kappa shape index (κ2) is 5.82. The summed E-state index contributed by atoms with van der Waals surface area (Å²) in [5.41, 5.74) is 2.97. The minimum atomic E-state index is -0.664. The van der Waals surface area contributed by atoms with Crippen molar-refractivity contribution in [3.63, 3.8) is 0 Å². The highest BCUT2D eigenvalue weighted by atomic mass is 16.3. The molecule has 3 rings (SSSR count). The second-order valence-corrected chi connectivity index (χ2v) is 4.68. The van der Waals surface area contributed by atoms with E-state index < -0.39 is 6.23 Å². The van der Waals surface area contributed by atoms with Crippen LogP contribution in [0.15, 0.2) is 66.9 Å². The Hall–Kier alpha value is -2.23. The highest BCUT2D eigenvalue weighted by molar-refractivity contribution is 5.81. The summed E-state index contributed by atoms with van der Waals surface area (Å²) in [4.78, 5) is 4.34. The van der Waals surface area contributed by atoms with Crippen LogP contribution in [0, 0.1) is 0 Å². The van der Waals surface area contributed by atoms with Crippen LogP contribution in [0.2, 0.25) is 0 Å². The van der Waals surface area contributed by atoms with Gasteiger partial charge in [-0.2, -0.15) is 0 Å². The molecule has 20 heavy (non-hydrogen) atoms. The second-order valence-electron chi connectivity index (χ2n) is 4.68. The molecule has 0 spiro atoms. The number of nitrogens with one attached hydrogen (secondary N) is 1. The Morgan fingerprint density at radius 2 is 1.70 bits per heavy atom. The van der Waals surface area contributed by atoms with Crippen molar-refractivity contribution in [3.8, 4) is 0 Å². The van der Waals surface area contributed by atoms with Crippen molar-refractivity contribution in [1.82, 2.24) is 10.3 Å². The average molecular weight is 264 g/mol. The summed E-state index contributed by atoms with van der Waals surface area (Å²) in [7, 11) is 0. The number of benzene rings is 2. The Bertz CT molecular complexity index is 692. The van der Waals surface area contributed by atoms with Crippen LogP contribution in [0.5, 0.6) is 0 Å². The molecule has 1 atom stereocenters. The van der Waals surface area contributed by atoms with Gasteiger partial charge in [-0.25, -0.2) is 0 Å². The van der Waals surface area contributed by atoms with Gasteiger partial charge in [0.25, 0.3) is 0 Å². The molecule has 3 nitrogen and oxygen atoms in total. The first-order chi connectivity index (χ1) is 9.84. The van der Waals surface area contributed by atoms with E-state index in [0.717, 1.165) is 22.0 Å². The van der Waals surface area contributed by atoms with Gasteiger partial charge in [0, 0.05) is 18.1 Å². The quantitative estimate of drug-likeness (QED) is 0.712. The zero-order chi connectivity index (χ0) is 13.8. The number of nitrogens with zero attached hydrogens (tertiary/aromatic N) is 1. The fraction of sp³-hybridized carbons (Fsp3) is 0.118. The van der Waals surface area contributed by atoms with E-state index in [1.165, 1.54) is 0 Å². The van der Waals surface area contributed by atoms with Crippen LogP contribution in [-0.2, 0) is 6.54 Å². The topological polar surface area (TPSA) is 45.1 Å². The maximum Gasteiger partial charge on any atom is 0.131 e. The van der Waals surface area contributed by atoms with E-state index in [0.29, 0.717) is 6.54 Å². The van der Waals surface area contributed by atoms with Crippen LogP contribution in [0.25, 0.3) is 10.9 Å². The van der Waals surface area contributed by atoms with Crippen LogP contribution in [-0.4, -0.2) is 10.1 Å². The third kappa shape index (κ3) is 2.69. The van der Waals surface area contributed by atoms with E-state index in [1.807, 2.05) is 60.7 Å². The largest absolute Gasteiger partial charge is 0.374 e. The minimum absolute atomic E-state index is 0.596. The summed E-state index contributed by atoms with van der Waals surface area (Å²) in [5.74, 6) is 0. The van der Waals surface area contributed by atoms with E-state index in [1.54, 1.807) is 6.20 Å². The molecule has 1 unspecified atom stereocenters. The lowest BCUT2D eigenvalue weighted by Crippen LogP contribution is -2.20. The fourth-order valence-corrected chi connectivity index (χ4v) is 2.27. The van der Waals surface area contributed by atoms with Gasteiger partial charge in [-0.3, -0.25) is 10.3 Å². The number of fused-ring (bicyclic) bond motifs is 1. The maximum absolute atomic E-state index is 10.1. The molecule has 3 heteroatoms. The predicted octanol–water partition coefficient (Wildman–Crippen LogP) is 3.02. The van der Waals surface area contributed by atoms with Crippen LogP contribution < -0.4 is 5.32 Å². The monoisotopic (exact) mass is 264 g/mol. The molecule has 0 saturated heterocycles. The van der Waals surface area contributed by atoms with Crippen molar-refractivity contribution < 1.29 is 5.11 Å². The lowest BCUT2D eigenvalue weighted by molar-refractivity contribution is 0.137. The number of rotatable bonds is 4. The highest BCUT2D eigenvalue weighted by Crippen LogP contribution is 2.17. The molecule has 0 amide bonds. The SMILES string of the molecule is OC(NCc1ccnc2ccccc12)c1ccccc1. The van der Waals surface area contributed by atoms with Gasteiger partial charge in [0.2, 0.25) is 0 Å². The van der Waals surface area contributed by atoms with E-state index >= 15 is 0 Å². The van der Waals surface area contributed by atoms with Crippen molar-refractivity contribution in [2.45, 2.75) is 12.8 Å². The van der Waals surface area contributed by atoms with Crippen molar-refractivity contribution in [3.05, 3.63) is 78.0 Å². The molecule has 0 fully saturated rings. The molecule has 2 aromatic carbocycles. The Balaban J connectivity index is 1.77.